The number of fused-ring (bicyclic) bond motifs is 2. The van der Waals surface area contributed by atoms with E-state index in [2.05, 4.69) is 46.0 Å². The average Bonchev–Trinajstić information content (AvgIpc) is 3.29. The molecule has 0 radical (unpaired) electrons. The molecule has 3 unspecified atom stereocenters. The van der Waals surface area contributed by atoms with Gasteiger partial charge in [-0.3, -0.25) is 4.99 Å². The molecule has 0 aliphatic carbocycles. The molecule has 1 aromatic carbocycles. The highest BCUT2D eigenvalue weighted by Gasteiger charge is 2.41. The minimum Gasteiger partial charge on any atom is -0.381 e. The molecule has 0 spiro atoms. The van der Waals surface area contributed by atoms with Crippen LogP contribution in [0.3, 0.4) is 0 Å². The van der Waals surface area contributed by atoms with Crippen molar-refractivity contribution in [2.45, 2.75) is 55.8 Å². The molecule has 3 aliphatic rings. The highest BCUT2D eigenvalue weighted by Crippen LogP contribution is 2.35. The van der Waals surface area contributed by atoms with Gasteiger partial charge in [-0.25, -0.2) is 0 Å². The van der Waals surface area contributed by atoms with Gasteiger partial charge < -0.3 is 20.1 Å². The minimum atomic E-state index is 0. The first kappa shape index (κ1) is 19.9. The predicted molar refractivity (Wildman–Crippen MR) is 114 cm³/mol. The lowest BCUT2D eigenvalue weighted by atomic mass is 9.74. The number of hydrogen-bond donors (Lipinski definition) is 2. The van der Waals surface area contributed by atoms with Gasteiger partial charge in [-0.15, -0.1) is 24.0 Å². The maximum absolute atomic E-state index is 5.95. The Morgan fingerprint density at radius 1 is 1.19 bits per heavy atom. The van der Waals surface area contributed by atoms with Crippen LogP contribution in [0.1, 0.15) is 37.7 Å². The Balaban J connectivity index is 0.00000196. The Kier molecular flexibility index (Phi) is 6.80. The summed E-state index contributed by atoms with van der Waals surface area (Å²) in [6.45, 7) is 2.52. The van der Waals surface area contributed by atoms with Crippen molar-refractivity contribution >= 4 is 29.9 Å². The molecule has 0 amide bonds. The summed E-state index contributed by atoms with van der Waals surface area (Å²) in [4.78, 5) is 4.45. The van der Waals surface area contributed by atoms with Crippen LogP contribution >= 0.6 is 24.0 Å². The average molecular weight is 471 g/mol. The van der Waals surface area contributed by atoms with Crippen LogP contribution in [0.25, 0.3) is 0 Å². The molecule has 3 saturated heterocycles. The molecule has 6 heteroatoms. The summed E-state index contributed by atoms with van der Waals surface area (Å²) in [5, 5.41) is 7.18. The topological polar surface area (TPSA) is 54.9 Å². The monoisotopic (exact) mass is 471 g/mol. The first-order chi connectivity index (χ1) is 12.3. The molecule has 26 heavy (non-hydrogen) atoms. The van der Waals surface area contributed by atoms with Crippen molar-refractivity contribution < 1.29 is 9.47 Å². The lowest BCUT2D eigenvalue weighted by Gasteiger charge is -2.38. The number of nitrogens with one attached hydrogen (secondary N) is 2. The number of benzene rings is 1. The van der Waals surface area contributed by atoms with E-state index in [1.807, 2.05) is 7.05 Å². The van der Waals surface area contributed by atoms with E-state index in [0.717, 1.165) is 45.0 Å². The van der Waals surface area contributed by atoms with E-state index in [4.69, 9.17) is 9.47 Å². The van der Waals surface area contributed by atoms with Crippen LogP contribution in [0.4, 0.5) is 0 Å². The number of halogens is 1. The van der Waals surface area contributed by atoms with Gasteiger partial charge in [-0.2, -0.15) is 0 Å². The molecule has 3 atom stereocenters. The third-order valence-corrected chi connectivity index (χ3v) is 6.08. The molecular formula is C20H30IN3O2. The molecule has 5 nitrogen and oxygen atoms in total. The zero-order valence-electron chi connectivity index (χ0n) is 15.4. The van der Waals surface area contributed by atoms with Crippen LogP contribution in [0.2, 0.25) is 0 Å². The fraction of sp³-hybridized carbons (Fsp3) is 0.650. The number of aliphatic imine (C=N–C) groups is 1. The van der Waals surface area contributed by atoms with Crippen LogP contribution < -0.4 is 10.6 Å². The van der Waals surface area contributed by atoms with Crippen LogP contribution in [0.15, 0.2) is 35.3 Å². The van der Waals surface area contributed by atoms with Crippen molar-refractivity contribution in [3.8, 4) is 0 Å². The molecule has 2 N–H and O–H groups in total. The first-order valence-corrected chi connectivity index (χ1v) is 9.55. The normalized spacial score (nSPS) is 29.9. The number of guanidine groups is 1. The highest BCUT2D eigenvalue weighted by molar-refractivity contribution is 14.0. The standard InChI is InChI=1S/C20H29N3O2.HI/c1-21-19(23-17-13-16-7-8-18(17)25-16)22-14-20(9-11-24-12-10-20)15-5-3-2-4-6-15;/h2-6,16-18H,7-14H2,1H3,(H2,21,22,23);1H. The Bertz CT molecular complexity index is 604. The van der Waals surface area contributed by atoms with E-state index in [0.29, 0.717) is 18.2 Å². The van der Waals surface area contributed by atoms with E-state index < -0.39 is 0 Å². The zero-order chi connectivity index (χ0) is 17.1. The Morgan fingerprint density at radius 2 is 1.96 bits per heavy atom. The molecule has 3 fully saturated rings. The molecule has 144 valence electrons. The first-order valence-electron chi connectivity index (χ1n) is 9.55. The van der Waals surface area contributed by atoms with Crippen molar-refractivity contribution in [1.82, 2.24) is 10.6 Å². The molecule has 4 rings (SSSR count). The van der Waals surface area contributed by atoms with Gasteiger partial charge in [-0.1, -0.05) is 30.3 Å². The van der Waals surface area contributed by atoms with Crippen LogP contribution in [-0.4, -0.2) is 51.0 Å². The molecule has 0 aromatic heterocycles. The Labute approximate surface area is 173 Å². The number of ether oxygens (including phenoxy) is 2. The third kappa shape index (κ3) is 4.17. The van der Waals surface area contributed by atoms with Crippen molar-refractivity contribution in [3.63, 3.8) is 0 Å². The van der Waals surface area contributed by atoms with Crippen molar-refractivity contribution in [2.75, 3.05) is 26.8 Å². The molecular weight excluding hydrogens is 441 g/mol. The number of nitrogens with zero attached hydrogens (tertiary/aromatic N) is 1. The lowest BCUT2D eigenvalue weighted by molar-refractivity contribution is 0.0513. The van der Waals surface area contributed by atoms with Gasteiger partial charge in [0.25, 0.3) is 0 Å². The van der Waals surface area contributed by atoms with Crippen molar-refractivity contribution in [1.29, 1.82) is 0 Å². The fourth-order valence-electron chi connectivity index (χ4n) is 4.53. The highest BCUT2D eigenvalue weighted by atomic mass is 127. The smallest absolute Gasteiger partial charge is 0.191 e. The molecule has 1 aromatic rings. The van der Waals surface area contributed by atoms with Crippen molar-refractivity contribution in [2.24, 2.45) is 4.99 Å². The van der Waals surface area contributed by atoms with E-state index in [9.17, 15) is 0 Å². The van der Waals surface area contributed by atoms with Gasteiger partial charge in [0.05, 0.1) is 18.2 Å². The van der Waals surface area contributed by atoms with Gasteiger partial charge in [0, 0.05) is 32.2 Å². The van der Waals surface area contributed by atoms with Gasteiger partial charge in [-0.05, 0) is 37.7 Å². The summed E-state index contributed by atoms with van der Waals surface area (Å²) in [5.74, 6) is 0.892. The van der Waals surface area contributed by atoms with Crippen molar-refractivity contribution in [3.05, 3.63) is 35.9 Å². The molecule has 3 heterocycles. The summed E-state index contributed by atoms with van der Waals surface area (Å²) < 4.78 is 11.6. The fourth-order valence-corrected chi connectivity index (χ4v) is 4.53. The van der Waals surface area contributed by atoms with Crippen LogP contribution in [-0.2, 0) is 14.9 Å². The van der Waals surface area contributed by atoms with Gasteiger partial charge in [0.2, 0.25) is 0 Å². The van der Waals surface area contributed by atoms with Crippen LogP contribution in [0.5, 0.6) is 0 Å². The summed E-state index contributed by atoms with van der Waals surface area (Å²) >= 11 is 0. The van der Waals surface area contributed by atoms with E-state index in [1.165, 1.54) is 18.4 Å². The lowest BCUT2D eigenvalue weighted by Crippen LogP contribution is -2.51. The van der Waals surface area contributed by atoms with Gasteiger partial charge in [0.1, 0.15) is 0 Å². The predicted octanol–water partition coefficient (Wildman–Crippen LogP) is 2.84. The zero-order valence-corrected chi connectivity index (χ0v) is 17.8. The summed E-state index contributed by atoms with van der Waals surface area (Å²) in [6, 6.07) is 11.2. The second kappa shape index (κ2) is 8.89. The molecule has 0 saturated carbocycles. The molecule has 3 aliphatic heterocycles. The van der Waals surface area contributed by atoms with Crippen LogP contribution in [0, 0.1) is 0 Å². The Hall–Kier alpha value is -0.860. The van der Waals surface area contributed by atoms with Gasteiger partial charge in [0.15, 0.2) is 5.96 Å². The number of hydrogen-bond acceptors (Lipinski definition) is 3. The largest absolute Gasteiger partial charge is 0.381 e. The molecule has 2 bridgehead atoms. The minimum absolute atomic E-state index is 0. The summed E-state index contributed by atoms with van der Waals surface area (Å²) in [5.41, 5.74) is 1.51. The summed E-state index contributed by atoms with van der Waals surface area (Å²) in [6.07, 6.45) is 6.37. The van der Waals surface area contributed by atoms with E-state index in [-0.39, 0.29) is 29.4 Å². The summed E-state index contributed by atoms with van der Waals surface area (Å²) in [7, 11) is 1.85. The maximum Gasteiger partial charge on any atom is 0.191 e. The quantitative estimate of drug-likeness (QED) is 0.403. The third-order valence-electron chi connectivity index (χ3n) is 6.08. The maximum atomic E-state index is 5.95. The van der Waals surface area contributed by atoms with Gasteiger partial charge >= 0.3 is 0 Å². The second-order valence-corrected chi connectivity index (χ2v) is 7.54. The van der Waals surface area contributed by atoms with E-state index >= 15 is 0 Å². The second-order valence-electron chi connectivity index (χ2n) is 7.54. The number of rotatable bonds is 4. The Morgan fingerprint density at radius 3 is 2.58 bits per heavy atom. The SMILES string of the molecule is CN=C(NCC1(c2ccccc2)CCOCC1)NC1CC2CCC1O2.I. The van der Waals surface area contributed by atoms with E-state index in [1.54, 1.807) is 0 Å².